The van der Waals surface area contributed by atoms with Gasteiger partial charge in [-0.05, 0) is 38.4 Å². The van der Waals surface area contributed by atoms with Crippen molar-refractivity contribution >= 4 is 0 Å². The van der Waals surface area contributed by atoms with Crippen molar-refractivity contribution in [2.24, 2.45) is 5.73 Å². The molecule has 0 aliphatic carbocycles. The average molecular weight is 222 g/mol. The Morgan fingerprint density at radius 1 is 1.31 bits per heavy atom. The van der Waals surface area contributed by atoms with Crippen molar-refractivity contribution in [2.75, 3.05) is 13.1 Å². The van der Waals surface area contributed by atoms with E-state index in [9.17, 15) is 5.11 Å². The minimum Gasteiger partial charge on any atom is -0.508 e. The molecule has 16 heavy (non-hydrogen) atoms. The Balaban J connectivity index is 2.51. The lowest BCUT2D eigenvalue weighted by atomic mass is 10.0. The Hall–Kier alpha value is -1.06. The van der Waals surface area contributed by atoms with Gasteiger partial charge in [-0.25, -0.2) is 0 Å². The molecular formula is C13H22N2O. The molecule has 90 valence electrons. The van der Waals surface area contributed by atoms with Crippen molar-refractivity contribution in [3.63, 3.8) is 0 Å². The largest absolute Gasteiger partial charge is 0.508 e. The van der Waals surface area contributed by atoms with E-state index in [-0.39, 0.29) is 6.04 Å². The topological polar surface area (TPSA) is 58.3 Å². The molecule has 0 fully saturated rings. The van der Waals surface area contributed by atoms with E-state index in [1.54, 1.807) is 6.07 Å². The van der Waals surface area contributed by atoms with Gasteiger partial charge in [-0.15, -0.1) is 0 Å². The van der Waals surface area contributed by atoms with E-state index in [4.69, 9.17) is 5.73 Å². The van der Waals surface area contributed by atoms with Gasteiger partial charge in [0.15, 0.2) is 0 Å². The van der Waals surface area contributed by atoms with Gasteiger partial charge in [0.1, 0.15) is 5.75 Å². The number of nitrogens with two attached hydrogens (primary N) is 1. The second-order valence-electron chi connectivity index (χ2n) is 3.97. The molecule has 0 aliphatic heterocycles. The number of aromatic hydroxyl groups is 1. The molecule has 3 heteroatoms. The molecule has 0 amide bonds. The van der Waals surface area contributed by atoms with Crippen LogP contribution >= 0.6 is 0 Å². The first-order valence-corrected chi connectivity index (χ1v) is 6.01. The Bertz CT molecular complexity index is 302. The molecule has 0 saturated heterocycles. The first-order chi connectivity index (χ1) is 7.79. The van der Waals surface area contributed by atoms with Gasteiger partial charge in [-0.1, -0.05) is 25.1 Å². The molecule has 0 bridgehead atoms. The van der Waals surface area contributed by atoms with Crippen molar-refractivity contribution < 1.29 is 5.11 Å². The molecule has 1 unspecified atom stereocenters. The summed E-state index contributed by atoms with van der Waals surface area (Å²) in [5.74, 6) is 0.376. The third-order valence-electron chi connectivity index (χ3n) is 2.74. The van der Waals surface area contributed by atoms with Crippen LogP contribution in [-0.2, 0) is 0 Å². The summed E-state index contributed by atoms with van der Waals surface area (Å²) in [5.41, 5.74) is 6.43. The molecule has 1 rings (SSSR count). The van der Waals surface area contributed by atoms with E-state index < -0.39 is 0 Å². The zero-order valence-corrected chi connectivity index (χ0v) is 9.95. The van der Waals surface area contributed by atoms with Crippen LogP contribution < -0.4 is 11.1 Å². The lowest BCUT2D eigenvalue weighted by molar-refractivity contribution is 0.439. The number of para-hydroxylation sites is 1. The molecule has 1 aromatic rings. The zero-order chi connectivity index (χ0) is 11.8. The molecule has 3 nitrogen and oxygen atoms in total. The Morgan fingerprint density at radius 3 is 2.69 bits per heavy atom. The second-order valence-corrected chi connectivity index (χ2v) is 3.97. The molecular weight excluding hydrogens is 200 g/mol. The fourth-order valence-electron chi connectivity index (χ4n) is 1.80. The summed E-state index contributed by atoms with van der Waals surface area (Å²) in [7, 11) is 0. The quantitative estimate of drug-likeness (QED) is 0.620. The Kier molecular flexibility index (Phi) is 5.90. The van der Waals surface area contributed by atoms with Crippen molar-refractivity contribution in [1.29, 1.82) is 0 Å². The summed E-state index contributed by atoms with van der Waals surface area (Å²) >= 11 is 0. The van der Waals surface area contributed by atoms with Crippen molar-refractivity contribution in [3.8, 4) is 5.75 Å². The van der Waals surface area contributed by atoms with Crippen LogP contribution in [0.15, 0.2) is 24.3 Å². The number of nitrogens with one attached hydrogen (secondary N) is 1. The van der Waals surface area contributed by atoms with E-state index in [0.717, 1.165) is 37.9 Å². The third kappa shape index (κ3) is 3.83. The van der Waals surface area contributed by atoms with Gasteiger partial charge >= 0.3 is 0 Å². The molecule has 0 saturated carbocycles. The van der Waals surface area contributed by atoms with E-state index in [1.165, 1.54) is 0 Å². The number of unbranched alkanes of at least 4 members (excludes halogenated alkanes) is 1. The standard InChI is InChI=1S/C13H22N2O/c1-2-12(15-10-6-5-9-14)11-7-3-4-8-13(11)16/h3-4,7-8,12,15-16H,2,5-6,9-10,14H2,1H3. The highest BCUT2D eigenvalue weighted by molar-refractivity contribution is 5.34. The van der Waals surface area contributed by atoms with Crippen LogP contribution in [0, 0.1) is 0 Å². The minimum absolute atomic E-state index is 0.235. The fraction of sp³-hybridized carbons (Fsp3) is 0.538. The van der Waals surface area contributed by atoms with Gasteiger partial charge in [0.05, 0.1) is 0 Å². The number of phenols is 1. The highest BCUT2D eigenvalue weighted by Crippen LogP contribution is 2.25. The zero-order valence-electron chi connectivity index (χ0n) is 9.95. The SMILES string of the molecule is CCC(NCCCCN)c1ccccc1O. The molecule has 0 aliphatic rings. The monoisotopic (exact) mass is 222 g/mol. The average Bonchev–Trinajstić information content (AvgIpc) is 2.31. The maximum absolute atomic E-state index is 9.75. The number of rotatable bonds is 7. The van der Waals surface area contributed by atoms with E-state index >= 15 is 0 Å². The van der Waals surface area contributed by atoms with Gasteiger partial charge in [0.25, 0.3) is 0 Å². The Labute approximate surface area is 97.7 Å². The molecule has 1 atom stereocenters. The summed E-state index contributed by atoms with van der Waals surface area (Å²) in [4.78, 5) is 0. The summed E-state index contributed by atoms with van der Waals surface area (Å²) in [6, 6.07) is 7.75. The highest BCUT2D eigenvalue weighted by Gasteiger charge is 2.11. The molecule has 0 spiro atoms. The van der Waals surface area contributed by atoms with E-state index in [1.807, 2.05) is 18.2 Å². The van der Waals surface area contributed by atoms with E-state index in [0.29, 0.717) is 5.75 Å². The number of phenolic OH excluding ortho intramolecular Hbond substituents is 1. The molecule has 0 radical (unpaired) electrons. The predicted molar refractivity (Wildman–Crippen MR) is 67.4 cm³/mol. The van der Waals surface area contributed by atoms with Crippen LogP contribution in [0.5, 0.6) is 5.75 Å². The molecule has 0 heterocycles. The first kappa shape index (κ1) is 13.0. The maximum Gasteiger partial charge on any atom is 0.120 e. The molecule has 4 N–H and O–H groups in total. The van der Waals surface area contributed by atoms with Crippen LogP contribution in [-0.4, -0.2) is 18.2 Å². The third-order valence-corrected chi connectivity index (χ3v) is 2.74. The lowest BCUT2D eigenvalue weighted by Gasteiger charge is -2.18. The number of hydrogen-bond acceptors (Lipinski definition) is 3. The highest BCUT2D eigenvalue weighted by atomic mass is 16.3. The van der Waals surface area contributed by atoms with Gasteiger partial charge in [0, 0.05) is 11.6 Å². The first-order valence-electron chi connectivity index (χ1n) is 6.01. The summed E-state index contributed by atoms with van der Waals surface area (Å²) in [6.07, 6.45) is 3.10. The lowest BCUT2D eigenvalue weighted by Crippen LogP contribution is -2.22. The van der Waals surface area contributed by atoms with Crippen LogP contribution in [0.4, 0.5) is 0 Å². The van der Waals surface area contributed by atoms with Crippen LogP contribution in [0.25, 0.3) is 0 Å². The van der Waals surface area contributed by atoms with Crippen molar-refractivity contribution in [2.45, 2.75) is 32.2 Å². The summed E-state index contributed by atoms with van der Waals surface area (Å²) in [5, 5.41) is 13.2. The van der Waals surface area contributed by atoms with Crippen LogP contribution in [0.1, 0.15) is 37.8 Å². The van der Waals surface area contributed by atoms with Crippen molar-refractivity contribution in [3.05, 3.63) is 29.8 Å². The minimum atomic E-state index is 0.235. The molecule has 1 aromatic carbocycles. The smallest absolute Gasteiger partial charge is 0.120 e. The fourth-order valence-corrected chi connectivity index (χ4v) is 1.80. The van der Waals surface area contributed by atoms with Gasteiger partial charge < -0.3 is 16.2 Å². The number of benzene rings is 1. The van der Waals surface area contributed by atoms with Crippen LogP contribution in [0.3, 0.4) is 0 Å². The predicted octanol–water partition coefficient (Wildman–Crippen LogP) is 2.17. The Morgan fingerprint density at radius 2 is 2.06 bits per heavy atom. The molecule has 0 aromatic heterocycles. The van der Waals surface area contributed by atoms with Gasteiger partial charge in [-0.2, -0.15) is 0 Å². The maximum atomic E-state index is 9.75. The summed E-state index contributed by atoms with van der Waals surface area (Å²) < 4.78 is 0. The number of hydrogen-bond donors (Lipinski definition) is 3. The second kappa shape index (κ2) is 7.25. The van der Waals surface area contributed by atoms with E-state index in [2.05, 4.69) is 12.2 Å². The van der Waals surface area contributed by atoms with Gasteiger partial charge in [-0.3, -0.25) is 0 Å². The van der Waals surface area contributed by atoms with Crippen LogP contribution in [0.2, 0.25) is 0 Å². The normalized spacial score (nSPS) is 12.6. The summed E-state index contributed by atoms with van der Waals surface area (Å²) in [6.45, 7) is 3.81. The van der Waals surface area contributed by atoms with Crippen molar-refractivity contribution in [1.82, 2.24) is 5.32 Å². The van der Waals surface area contributed by atoms with Gasteiger partial charge in [0.2, 0.25) is 0 Å².